The topological polar surface area (TPSA) is 26.3 Å². The number of carbonyl (C=O) groups is 1. The molecule has 0 radical (unpaired) electrons. The standard InChI is InChI=1S/C6H8Cl2O2/c1-4(3-7)5(8)6(9)10-2/h3H2,1-2H3/b5-4-. The molecule has 0 aromatic heterocycles. The number of halogens is 2. The molecule has 2 nitrogen and oxygen atoms in total. The van der Waals surface area contributed by atoms with E-state index in [-0.39, 0.29) is 10.9 Å². The maximum atomic E-state index is 10.6. The van der Waals surface area contributed by atoms with Crippen molar-refractivity contribution in [3.63, 3.8) is 0 Å². The molecule has 0 atom stereocenters. The van der Waals surface area contributed by atoms with Crippen LogP contribution in [-0.2, 0) is 9.53 Å². The van der Waals surface area contributed by atoms with Crippen LogP contribution >= 0.6 is 23.2 Å². The fourth-order valence-corrected chi connectivity index (χ4v) is 0.668. The second-order valence-corrected chi connectivity index (χ2v) is 2.36. The van der Waals surface area contributed by atoms with Crippen molar-refractivity contribution in [3.05, 3.63) is 10.6 Å². The molecule has 0 fully saturated rings. The lowest BCUT2D eigenvalue weighted by molar-refractivity contribution is -0.135. The first-order valence-corrected chi connectivity index (χ1v) is 3.54. The number of ether oxygens (including phenoxy) is 1. The largest absolute Gasteiger partial charge is 0.465 e. The van der Waals surface area contributed by atoms with Gasteiger partial charge in [0.1, 0.15) is 5.03 Å². The number of esters is 1. The predicted molar refractivity (Wildman–Crippen MR) is 41.3 cm³/mol. The van der Waals surface area contributed by atoms with Gasteiger partial charge in [-0.25, -0.2) is 4.79 Å². The van der Waals surface area contributed by atoms with E-state index in [0.717, 1.165) is 0 Å². The van der Waals surface area contributed by atoms with Gasteiger partial charge in [-0.1, -0.05) is 11.6 Å². The molecular weight excluding hydrogens is 175 g/mol. The van der Waals surface area contributed by atoms with Crippen LogP contribution in [0.5, 0.6) is 0 Å². The van der Waals surface area contributed by atoms with Crippen LogP contribution in [-0.4, -0.2) is 19.0 Å². The van der Waals surface area contributed by atoms with Crippen LogP contribution in [0.1, 0.15) is 6.92 Å². The van der Waals surface area contributed by atoms with E-state index < -0.39 is 5.97 Å². The van der Waals surface area contributed by atoms with Crippen molar-refractivity contribution in [1.29, 1.82) is 0 Å². The lowest BCUT2D eigenvalue weighted by Crippen LogP contribution is -2.02. The number of hydrogen-bond donors (Lipinski definition) is 0. The van der Waals surface area contributed by atoms with E-state index in [4.69, 9.17) is 23.2 Å². The van der Waals surface area contributed by atoms with Crippen molar-refractivity contribution in [1.82, 2.24) is 0 Å². The van der Waals surface area contributed by atoms with Crippen molar-refractivity contribution < 1.29 is 9.53 Å². The summed E-state index contributed by atoms with van der Waals surface area (Å²) in [5.41, 5.74) is 0.621. The zero-order valence-corrected chi connectivity index (χ0v) is 7.29. The fourth-order valence-electron chi connectivity index (χ4n) is 0.322. The fraction of sp³-hybridized carbons (Fsp3) is 0.500. The molecule has 0 heterocycles. The van der Waals surface area contributed by atoms with Gasteiger partial charge < -0.3 is 4.74 Å². The van der Waals surface area contributed by atoms with Crippen molar-refractivity contribution in [3.8, 4) is 0 Å². The highest BCUT2D eigenvalue weighted by atomic mass is 35.5. The van der Waals surface area contributed by atoms with Crippen molar-refractivity contribution in [2.45, 2.75) is 6.92 Å². The maximum Gasteiger partial charge on any atom is 0.349 e. The Balaban J connectivity index is 4.30. The first kappa shape index (κ1) is 9.79. The summed E-state index contributed by atoms with van der Waals surface area (Å²) in [6.07, 6.45) is 0. The van der Waals surface area contributed by atoms with E-state index in [2.05, 4.69) is 4.74 Å². The summed E-state index contributed by atoms with van der Waals surface area (Å²) in [6, 6.07) is 0. The summed E-state index contributed by atoms with van der Waals surface area (Å²) in [6.45, 7) is 1.67. The molecule has 10 heavy (non-hydrogen) atoms. The lowest BCUT2D eigenvalue weighted by atomic mass is 10.3. The molecule has 0 aliphatic heterocycles. The van der Waals surface area contributed by atoms with Crippen LogP contribution < -0.4 is 0 Å². The van der Waals surface area contributed by atoms with Gasteiger partial charge in [-0.3, -0.25) is 0 Å². The molecule has 0 aromatic carbocycles. The number of methoxy groups -OCH3 is 1. The molecule has 0 aliphatic rings. The van der Waals surface area contributed by atoms with Crippen LogP contribution in [0, 0.1) is 0 Å². The molecule has 0 aliphatic carbocycles. The van der Waals surface area contributed by atoms with Crippen molar-refractivity contribution >= 4 is 29.2 Å². The number of alkyl halides is 1. The molecule has 0 bridgehead atoms. The first-order valence-electron chi connectivity index (χ1n) is 2.63. The van der Waals surface area contributed by atoms with Gasteiger partial charge in [-0.05, 0) is 12.5 Å². The van der Waals surface area contributed by atoms with E-state index in [1.54, 1.807) is 6.92 Å². The molecule has 0 aromatic rings. The van der Waals surface area contributed by atoms with E-state index in [0.29, 0.717) is 5.57 Å². The average Bonchev–Trinajstić information content (AvgIpc) is 2.00. The molecule has 0 saturated heterocycles. The Labute approximate surface area is 69.8 Å². The third-order valence-corrected chi connectivity index (χ3v) is 1.82. The smallest absolute Gasteiger partial charge is 0.349 e. The second kappa shape index (κ2) is 4.58. The average molecular weight is 183 g/mol. The van der Waals surface area contributed by atoms with Crippen molar-refractivity contribution in [2.75, 3.05) is 13.0 Å². The quantitative estimate of drug-likeness (QED) is 0.371. The van der Waals surface area contributed by atoms with Gasteiger partial charge in [0.25, 0.3) is 0 Å². The van der Waals surface area contributed by atoms with Crippen LogP contribution in [0.3, 0.4) is 0 Å². The van der Waals surface area contributed by atoms with E-state index in [1.165, 1.54) is 7.11 Å². The van der Waals surface area contributed by atoms with Gasteiger partial charge in [0.15, 0.2) is 0 Å². The summed E-state index contributed by atoms with van der Waals surface area (Å²) < 4.78 is 4.35. The molecule has 58 valence electrons. The molecule has 4 heteroatoms. The monoisotopic (exact) mass is 182 g/mol. The minimum Gasteiger partial charge on any atom is -0.465 e. The van der Waals surface area contributed by atoms with Crippen LogP contribution in [0.25, 0.3) is 0 Å². The van der Waals surface area contributed by atoms with Gasteiger partial charge in [-0.2, -0.15) is 0 Å². The number of rotatable bonds is 2. The highest BCUT2D eigenvalue weighted by molar-refractivity contribution is 6.42. The first-order chi connectivity index (χ1) is 4.63. The SMILES string of the molecule is COC(=O)/C(Cl)=C(\C)CCl. The molecule has 0 amide bonds. The van der Waals surface area contributed by atoms with Gasteiger partial charge in [0.05, 0.1) is 7.11 Å². The van der Waals surface area contributed by atoms with E-state index in [1.807, 2.05) is 0 Å². The summed E-state index contributed by atoms with van der Waals surface area (Å²) in [5, 5.41) is 0.0671. The summed E-state index contributed by atoms with van der Waals surface area (Å²) in [7, 11) is 1.27. The molecule has 0 saturated carbocycles. The summed E-state index contributed by atoms with van der Waals surface area (Å²) in [5.74, 6) is -0.298. The Morgan fingerprint density at radius 3 is 2.40 bits per heavy atom. The number of hydrogen-bond acceptors (Lipinski definition) is 2. The Morgan fingerprint density at radius 1 is 1.60 bits per heavy atom. The van der Waals surface area contributed by atoms with E-state index in [9.17, 15) is 4.79 Å². The maximum absolute atomic E-state index is 10.6. The van der Waals surface area contributed by atoms with E-state index >= 15 is 0 Å². The van der Waals surface area contributed by atoms with Gasteiger partial charge in [0.2, 0.25) is 0 Å². The number of allylic oxidation sites excluding steroid dienone is 1. The minimum atomic E-state index is -0.542. The van der Waals surface area contributed by atoms with Crippen LogP contribution in [0.2, 0.25) is 0 Å². The highest BCUT2D eigenvalue weighted by Gasteiger charge is 2.08. The van der Waals surface area contributed by atoms with Crippen LogP contribution in [0.15, 0.2) is 10.6 Å². The Kier molecular flexibility index (Phi) is 4.49. The molecule has 0 spiro atoms. The van der Waals surface area contributed by atoms with Crippen LogP contribution in [0.4, 0.5) is 0 Å². The third-order valence-electron chi connectivity index (χ3n) is 0.940. The minimum absolute atomic E-state index is 0.0671. The molecule has 0 rings (SSSR count). The highest BCUT2D eigenvalue weighted by Crippen LogP contribution is 2.11. The molecule has 0 unspecified atom stereocenters. The summed E-state index contributed by atoms with van der Waals surface area (Å²) in [4.78, 5) is 10.6. The van der Waals surface area contributed by atoms with Gasteiger partial charge in [-0.15, -0.1) is 11.6 Å². The molecule has 0 N–H and O–H groups in total. The summed E-state index contributed by atoms with van der Waals surface area (Å²) >= 11 is 10.9. The predicted octanol–water partition coefficient (Wildman–Crippen LogP) is 1.91. The van der Waals surface area contributed by atoms with Gasteiger partial charge in [0, 0.05) is 5.88 Å². The second-order valence-electron chi connectivity index (χ2n) is 1.72. The Morgan fingerprint density at radius 2 is 2.10 bits per heavy atom. The Bertz CT molecular complexity index is 163. The Hall–Kier alpha value is -0.210. The lowest BCUT2D eigenvalue weighted by Gasteiger charge is -1.98. The molecular formula is C6H8Cl2O2. The normalized spacial score (nSPS) is 12.4. The van der Waals surface area contributed by atoms with Crippen molar-refractivity contribution in [2.24, 2.45) is 0 Å². The zero-order chi connectivity index (χ0) is 8.15. The van der Waals surface area contributed by atoms with Gasteiger partial charge >= 0.3 is 5.97 Å². The third kappa shape index (κ3) is 2.58. The zero-order valence-electron chi connectivity index (χ0n) is 5.78. The number of carbonyl (C=O) groups excluding carboxylic acids is 1.